The Hall–Kier alpha value is -0.330. The maximum Gasteiger partial charge on any atom is 0.230 e. The Morgan fingerprint density at radius 2 is 2.17 bits per heavy atom. The predicted octanol–water partition coefficient (Wildman–Crippen LogP) is 1.40. The lowest BCUT2D eigenvalue weighted by molar-refractivity contribution is -0.119. The van der Waals surface area contributed by atoms with E-state index < -0.39 is 0 Å². The lowest BCUT2D eigenvalue weighted by atomic mass is 10.2. The SMILES string of the molecule is O=C(CSC(=S)N1CCCC1)NCC1CCCO1. The Balaban J connectivity index is 1.57. The van der Waals surface area contributed by atoms with Gasteiger partial charge in [-0.3, -0.25) is 4.79 Å². The minimum Gasteiger partial charge on any atom is -0.376 e. The van der Waals surface area contributed by atoms with Crippen LogP contribution in [0.15, 0.2) is 0 Å². The smallest absolute Gasteiger partial charge is 0.230 e. The molecule has 1 amide bonds. The highest BCUT2D eigenvalue weighted by molar-refractivity contribution is 8.23. The van der Waals surface area contributed by atoms with Crippen molar-refractivity contribution in [3.8, 4) is 0 Å². The van der Waals surface area contributed by atoms with E-state index in [0.717, 1.165) is 36.9 Å². The lowest BCUT2D eigenvalue weighted by Crippen LogP contribution is -2.34. The largest absolute Gasteiger partial charge is 0.376 e. The van der Waals surface area contributed by atoms with Crippen LogP contribution in [0.5, 0.6) is 0 Å². The molecule has 0 aromatic heterocycles. The van der Waals surface area contributed by atoms with Crippen molar-refractivity contribution in [1.82, 2.24) is 10.2 Å². The molecule has 0 bridgehead atoms. The highest BCUT2D eigenvalue weighted by atomic mass is 32.2. The number of carbonyl (C=O) groups excluding carboxylic acids is 1. The highest BCUT2D eigenvalue weighted by Gasteiger charge is 2.18. The maximum atomic E-state index is 11.7. The van der Waals surface area contributed by atoms with Gasteiger partial charge in [-0.15, -0.1) is 0 Å². The summed E-state index contributed by atoms with van der Waals surface area (Å²) in [7, 11) is 0. The summed E-state index contributed by atoms with van der Waals surface area (Å²) < 4.78 is 6.32. The van der Waals surface area contributed by atoms with E-state index in [1.165, 1.54) is 24.6 Å². The number of carbonyl (C=O) groups is 1. The number of ether oxygens (including phenoxy) is 1. The van der Waals surface area contributed by atoms with E-state index in [1.807, 2.05) is 0 Å². The van der Waals surface area contributed by atoms with E-state index in [4.69, 9.17) is 17.0 Å². The first-order chi connectivity index (χ1) is 8.75. The van der Waals surface area contributed by atoms with Gasteiger partial charge in [-0.05, 0) is 25.7 Å². The molecule has 0 aromatic carbocycles. The van der Waals surface area contributed by atoms with Gasteiger partial charge in [0.15, 0.2) is 0 Å². The number of hydrogen-bond donors (Lipinski definition) is 1. The summed E-state index contributed by atoms with van der Waals surface area (Å²) in [5.41, 5.74) is 0. The Kier molecular flexibility index (Phi) is 5.72. The zero-order valence-electron chi connectivity index (χ0n) is 10.5. The van der Waals surface area contributed by atoms with Crippen molar-refractivity contribution in [2.45, 2.75) is 31.8 Å². The fourth-order valence-electron chi connectivity index (χ4n) is 2.20. The molecule has 2 aliphatic heterocycles. The number of nitrogens with one attached hydrogen (secondary N) is 1. The standard InChI is InChI=1S/C12H20N2O2S2/c15-11(13-8-10-4-3-7-16-10)9-18-12(17)14-5-1-2-6-14/h10H,1-9H2,(H,13,15). The highest BCUT2D eigenvalue weighted by Crippen LogP contribution is 2.16. The van der Waals surface area contributed by atoms with Gasteiger partial charge in [-0.1, -0.05) is 24.0 Å². The summed E-state index contributed by atoms with van der Waals surface area (Å²) in [4.78, 5) is 13.8. The van der Waals surface area contributed by atoms with E-state index in [9.17, 15) is 4.79 Å². The lowest BCUT2D eigenvalue weighted by Gasteiger charge is -2.17. The summed E-state index contributed by atoms with van der Waals surface area (Å²) in [6, 6.07) is 0. The van der Waals surface area contributed by atoms with Crippen LogP contribution in [0.25, 0.3) is 0 Å². The van der Waals surface area contributed by atoms with E-state index in [1.54, 1.807) is 0 Å². The molecule has 1 atom stereocenters. The van der Waals surface area contributed by atoms with Crippen molar-refractivity contribution in [3.05, 3.63) is 0 Å². The second-order valence-electron chi connectivity index (χ2n) is 4.69. The molecular weight excluding hydrogens is 268 g/mol. The van der Waals surface area contributed by atoms with Crippen molar-refractivity contribution in [2.24, 2.45) is 0 Å². The van der Waals surface area contributed by atoms with Crippen molar-refractivity contribution < 1.29 is 9.53 Å². The van der Waals surface area contributed by atoms with Gasteiger partial charge in [0.2, 0.25) is 5.91 Å². The molecule has 2 aliphatic rings. The summed E-state index contributed by atoms with van der Waals surface area (Å²) in [6.07, 6.45) is 4.80. The first-order valence-electron chi connectivity index (χ1n) is 6.56. The van der Waals surface area contributed by atoms with Crippen LogP contribution in [0.3, 0.4) is 0 Å². The fraction of sp³-hybridized carbons (Fsp3) is 0.833. The zero-order valence-corrected chi connectivity index (χ0v) is 12.2. The summed E-state index contributed by atoms with van der Waals surface area (Å²) >= 11 is 6.78. The molecule has 0 aliphatic carbocycles. The number of amides is 1. The van der Waals surface area contributed by atoms with Crippen molar-refractivity contribution in [1.29, 1.82) is 0 Å². The molecule has 2 rings (SSSR count). The monoisotopic (exact) mass is 288 g/mol. The first kappa shape index (κ1) is 14.1. The third-order valence-corrected chi connectivity index (χ3v) is 4.77. The molecule has 6 heteroatoms. The normalized spacial score (nSPS) is 23.3. The first-order valence-corrected chi connectivity index (χ1v) is 7.95. The number of likely N-dealkylation sites (tertiary alicyclic amines) is 1. The Morgan fingerprint density at radius 3 is 2.83 bits per heavy atom. The summed E-state index contributed by atoms with van der Waals surface area (Å²) in [6.45, 7) is 3.55. The van der Waals surface area contributed by atoms with Gasteiger partial charge < -0.3 is 15.0 Å². The Bertz CT molecular complexity index is 300. The van der Waals surface area contributed by atoms with E-state index in [2.05, 4.69) is 10.2 Å². The Labute approximate surface area is 118 Å². The molecule has 2 saturated heterocycles. The van der Waals surface area contributed by atoms with E-state index in [-0.39, 0.29) is 12.0 Å². The molecule has 1 N–H and O–H groups in total. The van der Waals surface area contributed by atoms with Gasteiger partial charge in [0.25, 0.3) is 0 Å². The van der Waals surface area contributed by atoms with Crippen LogP contribution in [0.2, 0.25) is 0 Å². The fourth-order valence-corrected chi connectivity index (χ4v) is 3.28. The van der Waals surface area contributed by atoms with Gasteiger partial charge in [0.05, 0.1) is 11.9 Å². The quantitative estimate of drug-likeness (QED) is 0.792. The van der Waals surface area contributed by atoms with Gasteiger partial charge in [-0.2, -0.15) is 0 Å². The van der Waals surface area contributed by atoms with Crippen LogP contribution in [0.4, 0.5) is 0 Å². The van der Waals surface area contributed by atoms with Crippen LogP contribution in [0.1, 0.15) is 25.7 Å². The molecule has 2 fully saturated rings. The van der Waals surface area contributed by atoms with Gasteiger partial charge >= 0.3 is 0 Å². The number of thiocarbonyl (C=S) groups is 1. The molecule has 102 valence electrons. The maximum absolute atomic E-state index is 11.7. The van der Waals surface area contributed by atoms with Crippen LogP contribution in [-0.4, -0.2) is 53.2 Å². The zero-order chi connectivity index (χ0) is 12.8. The molecule has 18 heavy (non-hydrogen) atoms. The van der Waals surface area contributed by atoms with Crippen molar-refractivity contribution >= 4 is 34.2 Å². The minimum atomic E-state index is 0.0528. The van der Waals surface area contributed by atoms with E-state index in [0.29, 0.717) is 12.3 Å². The molecule has 4 nitrogen and oxygen atoms in total. The number of nitrogens with zero attached hydrogens (tertiary/aromatic N) is 1. The molecule has 0 saturated carbocycles. The summed E-state index contributed by atoms with van der Waals surface area (Å²) in [5, 5.41) is 2.91. The van der Waals surface area contributed by atoms with Crippen LogP contribution >= 0.6 is 24.0 Å². The number of hydrogen-bond acceptors (Lipinski definition) is 4. The molecule has 0 aromatic rings. The van der Waals surface area contributed by atoms with Gasteiger partial charge in [0, 0.05) is 26.2 Å². The molecule has 2 heterocycles. The van der Waals surface area contributed by atoms with E-state index >= 15 is 0 Å². The third kappa shape index (κ3) is 4.40. The van der Waals surface area contributed by atoms with Crippen LogP contribution in [0, 0.1) is 0 Å². The molecule has 0 spiro atoms. The second kappa shape index (κ2) is 7.31. The van der Waals surface area contributed by atoms with Crippen LogP contribution < -0.4 is 5.32 Å². The predicted molar refractivity (Wildman–Crippen MR) is 77.8 cm³/mol. The molecule has 0 radical (unpaired) electrons. The van der Waals surface area contributed by atoms with Crippen molar-refractivity contribution in [3.63, 3.8) is 0 Å². The number of thioether (sulfide) groups is 1. The minimum absolute atomic E-state index is 0.0528. The second-order valence-corrected chi connectivity index (χ2v) is 6.30. The number of rotatable bonds is 4. The summed E-state index contributed by atoms with van der Waals surface area (Å²) in [5.74, 6) is 0.472. The average molecular weight is 288 g/mol. The topological polar surface area (TPSA) is 41.6 Å². The Morgan fingerprint density at radius 1 is 1.39 bits per heavy atom. The molecular formula is C12H20N2O2S2. The average Bonchev–Trinajstić information content (AvgIpc) is 3.05. The van der Waals surface area contributed by atoms with Crippen LogP contribution in [-0.2, 0) is 9.53 Å². The third-order valence-electron chi connectivity index (χ3n) is 3.24. The van der Waals surface area contributed by atoms with Gasteiger partial charge in [0.1, 0.15) is 4.32 Å². The van der Waals surface area contributed by atoms with Crippen molar-refractivity contribution in [2.75, 3.05) is 32.0 Å². The molecule has 1 unspecified atom stereocenters. The van der Waals surface area contributed by atoms with Gasteiger partial charge in [-0.25, -0.2) is 0 Å².